The molecule has 1 saturated heterocycles. The Balaban J connectivity index is 2.20. The van der Waals surface area contributed by atoms with Crippen LogP contribution in [0.3, 0.4) is 0 Å². The van der Waals surface area contributed by atoms with E-state index in [0.717, 1.165) is 25.0 Å². The minimum Gasteiger partial charge on any atom is -0.394 e. The van der Waals surface area contributed by atoms with E-state index in [1.54, 1.807) is 0 Å². The Hall–Kier alpha value is -0.220. The monoisotopic (exact) mass is 324 g/mol. The third kappa shape index (κ3) is 6.19. The van der Waals surface area contributed by atoms with Crippen molar-refractivity contribution in [3.05, 3.63) is 0 Å². The third-order valence-electron chi connectivity index (χ3n) is 3.22. The Morgan fingerprint density at radius 2 is 1.86 bits per heavy atom. The molecule has 0 aromatic rings. The average molecular weight is 324 g/mol. The summed E-state index contributed by atoms with van der Waals surface area (Å²) >= 11 is 1.29. The van der Waals surface area contributed by atoms with Crippen molar-refractivity contribution in [1.82, 2.24) is 0 Å². The maximum absolute atomic E-state index is 10.7. The molecule has 0 aliphatic carbocycles. The Kier molecular flexibility index (Phi) is 8.72. The molecule has 0 unspecified atom stereocenters. The number of hydrogen-bond donors (Lipinski definition) is 4. The van der Waals surface area contributed by atoms with E-state index in [2.05, 4.69) is 0 Å². The first-order chi connectivity index (χ1) is 9.97. The van der Waals surface area contributed by atoms with Crippen LogP contribution < -0.4 is 0 Å². The van der Waals surface area contributed by atoms with Gasteiger partial charge >= 0.3 is 0 Å². The second-order valence-corrected chi connectivity index (χ2v) is 6.24. The number of hydrogen-bond acceptors (Lipinski definition) is 8. The molecule has 8 heteroatoms. The third-order valence-corrected chi connectivity index (χ3v) is 4.12. The topological polar surface area (TPSA) is 116 Å². The van der Waals surface area contributed by atoms with Crippen LogP contribution in [-0.2, 0) is 14.3 Å². The number of aliphatic hydroxyl groups excluding tert-OH is 4. The molecule has 0 bridgehead atoms. The van der Waals surface area contributed by atoms with Gasteiger partial charge in [0.25, 0.3) is 0 Å². The fourth-order valence-corrected chi connectivity index (χ4v) is 2.64. The molecular weight excluding hydrogens is 300 g/mol. The zero-order valence-electron chi connectivity index (χ0n) is 12.1. The van der Waals surface area contributed by atoms with E-state index in [-0.39, 0.29) is 5.12 Å². The number of carbonyl (C=O) groups is 1. The van der Waals surface area contributed by atoms with E-state index in [9.17, 15) is 20.1 Å². The van der Waals surface area contributed by atoms with Gasteiger partial charge in [-0.2, -0.15) is 0 Å². The zero-order valence-corrected chi connectivity index (χ0v) is 12.9. The summed E-state index contributed by atoms with van der Waals surface area (Å²) in [4.78, 5) is 10.7. The fourth-order valence-electron chi connectivity index (χ4n) is 2.00. The van der Waals surface area contributed by atoms with Gasteiger partial charge in [-0.25, -0.2) is 0 Å². The van der Waals surface area contributed by atoms with E-state index >= 15 is 0 Å². The van der Waals surface area contributed by atoms with E-state index in [1.807, 2.05) is 0 Å². The smallest absolute Gasteiger partial charge is 0.186 e. The first-order valence-electron chi connectivity index (χ1n) is 7.03. The standard InChI is InChI=1S/C13H24O7S/c1-8(15)21-6-4-2-3-5-19-13-12(18)11(17)10(16)9(7-14)20-13/h9-14,16-18H,2-7H2,1H3/t9-,10-,11+,12-,13-/m1/s1. The minimum absolute atomic E-state index is 0.104. The van der Waals surface area contributed by atoms with Gasteiger partial charge in [0.2, 0.25) is 0 Å². The number of ether oxygens (including phenoxy) is 2. The summed E-state index contributed by atoms with van der Waals surface area (Å²) in [6, 6.07) is 0. The highest BCUT2D eigenvalue weighted by Gasteiger charge is 2.43. The van der Waals surface area contributed by atoms with Crippen molar-refractivity contribution in [3.8, 4) is 0 Å². The van der Waals surface area contributed by atoms with Crippen molar-refractivity contribution in [1.29, 1.82) is 0 Å². The lowest BCUT2D eigenvalue weighted by Gasteiger charge is -2.39. The molecule has 0 saturated carbocycles. The maximum atomic E-state index is 10.7. The van der Waals surface area contributed by atoms with Crippen molar-refractivity contribution in [2.75, 3.05) is 19.0 Å². The molecular formula is C13H24O7S. The molecule has 0 aromatic carbocycles. The molecule has 4 N–H and O–H groups in total. The lowest BCUT2D eigenvalue weighted by Crippen LogP contribution is -2.59. The molecule has 1 aliphatic heterocycles. The first-order valence-corrected chi connectivity index (χ1v) is 8.01. The van der Waals surface area contributed by atoms with Gasteiger partial charge in [0.15, 0.2) is 11.4 Å². The number of carbonyl (C=O) groups excluding carboxylic acids is 1. The molecule has 0 spiro atoms. The van der Waals surface area contributed by atoms with Crippen LogP contribution in [0.15, 0.2) is 0 Å². The molecule has 1 rings (SSSR count). The molecule has 1 aliphatic rings. The molecule has 0 radical (unpaired) electrons. The fraction of sp³-hybridized carbons (Fsp3) is 0.923. The molecule has 0 aromatic heterocycles. The Morgan fingerprint density at radius 3 is 2.48 bits per heavy atom. The average Bonchev–Trinajstić information content (AvgIpc) is 2.45. The van der Waals surface area contributed by atoms with Crippen LogP contribution in [0.5, 0.6) is 0 Å². The zero-order chi connectivity index (χ0) is 15.8. The van der Waals surface area contributed by atoms with Crippen LogP contribution in [-0.4, -0.2) is 75.2 Å². The number of unbranched alkanes of at least 4 members (excludes halogenated alkanes) is 2. The largest absolute Gasteiger partial charge is 0.394 e. The van der Waals surface area contributed by atoms with Gasteiger partial charge in [-0.3, -0.25) is 4.79 Å². The highest BCUT2D eigenvalue weighted by Crippen LogP contribution is 2.22. The van der Waals surface area contributed by atoms with Crippen molar-refractivity contribution >= 4 is 16.9 Å². The molecule has 5 atom stereocenters. The number of thioether (sulfide) groups is 1. The van der Waals surface area contributed by atoms with Gasteiger partial charge in [0.05, 0.1) is 6.61 Å². The second kappa shape index (κ2) is 9.73. The maximum Gasteiger partial charge on any atom is 0.186 e. The molecule has 7 nitrogen and oxygen atoms in total. The van der Waals surface area contributed by atoms with E-state index in [1.165, 1.54) is 18.7 Å². The van der Waals surface area contributed by atoms with Crippen LogP contribution in [0.2, 0.25) is 0 Å². The highest BCUT2D eigenvalue weighted by molar-refractivity contribution is 8.13. The Labute approximate surface area is 128 Å². The summed E-state index contributed by atoms with van der Waals surface area (Å²) in [5, 5.41) is 38.1. The lowest BCUT2D eigenvalue weighted by molar-refractivity contribution is -0.301. The van der Waals surface area contributed by atoms with Crippen molar-refractivity contribution < 1.29 is 34.7 Å². The van der Waals surface area contributed by atoms with Gasteiger partial charge in [-0.15, -0.1) is 0 Å². The normalized spacial score (nSPS) is 33.1. The quantitative estimate of drug-likeness (QED) is 0.431. The molecule has 21 heavy (non-hydrogen) atoms. The van der Waals surface area contributed by atoms with E-state index < -0.39 is 37.3 Å². The molecule has 1 fully saturated rings. The second-order valence-electron chi connectivity index (χ2n) is 4.97. The summed E-state index contributed by atoms with van der Waals surface area (Å²) in [7, 11) is 0. The van der Waals surface area contributed by atoms with Gasteiger partial charge in [0.1, 0.15) is 24.4 Å². The summed E-state index contributed by atoms with van der Waals surface area (Å²) in [6.07, 6.45) is -3.64. The summed E-state index contributed by atoms with van der Waals surface area (Å²) in [5.74, 6) is 0.773. The van der Waals surface area contributed by atoms with Crippen LogP contribution >= 0.6 is 11.8 Å². The van der Waals surface area contributed by atoms with Crippen molar-refractivity contribution in [3.63, 3.8) is 0 Å². The van der Waals surface area contributed by atoms with E-state index in [0.29, 0.717) is 6.61 Å². The minimum atomic E-state index is -1.41. The predicted molar refractivity (Wildman–Crippen MR) is 76.7 cm³/mol. The van der Waals surface area contributed by atoms with Crippen LogP contribution in [0.1, 0.15) is 26.2 Å². The van der Waals surface area contributed by atoms with Crippen molar-refractivity contribution in [2.24, 2.45) is 0 Å². The number of aliphatic hydroxyl groups is 4. The molecule has 1 heterocycles. The number of rotatable bonds is 8. The van der Waals surface area contributed by atoms with Crippen molar-refractivity contribution in [2.45, 2.75) is 56.9 Å². The van der Waals surface area contributed by atoms with E-state index in [4.69, 9.17) is 14.6 Å². The van der Waals surface area contributed by atoms with Crippen LogP contribution in [0.25, 0.3) is 0 Å². The molecule has 0 amide bonds. The molecule has 124 valence electrons. The summed E-state index contributed by atoms with van der Waals surface area (Å²) in [6.45, 7) is 1.40. The SMILES string of the molecule is CC(=O)SCCCCCO[C@@H]1O[C@H](CO)[C@@H](O)[C@H](O)[C@H]1O. The van der Waals surface area contributed by atoms with Crippen LogP contribution in [0.4, 0.5) is 0 Å². The summed E-state index contributed by atoms with van der Waals surface area (Å²) in [5.41, 5.74) is 0. The highest BCUT2D eigenvalue weighted by atomic mass is 32.2. The summed E-state index contributed by atoms with van der Waals surface area (Å²) < 4.78 is 10.6. The Bertz CT molecular complexity index is 313. The Morgan fingerprint density at radius 1 is 1.14 bits per heavy atom. The lowest BCUT2D eigenvalue weighted by atomic mass is 9.99. The van der Waals surface area contributed by atoms with Gasteiger partial charge in [0, 0.05) is 19.3 Å². The van der Waals surface area contributed by atoms with Gasteiger partial charge in [-0.05, 0) is 12.8 Å². The van der Waals surface area contributed by atoms with Gasteiger partial charge in [-0.1, -0.05) is 18.2 Å². The predicted octanol–water partition coefficient (Wildman–Crippen LogP) is -0.747. The van der Waals surface area contributed by atoms with Crippen LogP contribution in [0, 0.1) is 0 Å². The first kappa shape index (κ1) is 18.8. The van der Waals surface area contributed by atoms with Gasteiger partial charge < -0.3 is 29.9 Å².